The van der Waals surface area contributed by atoms with Gasteiger partial charge in [0.15, 0.2) is 0 Å². The van der Waals surface area contributed by atoms with E-state index in [2.05, 4.69) is 11.8 Å². The number of benzene rings is 4. The molecule has 0 amide bonds. The van der Waals surface area contributed by atoms with E-state index in [9.17, 15) is 19.4 Å². The summed E-state index contributed by atoms with van der Waals surface area (Å²) in [5.74, 6) is 4.66. The van der Waals surface area contributed by atoms with Crippen LogP contribution in [0.5, 0.6) is 5.75 Å². The molecule has 0 fully saturated rings. The summed E-state index contributed by atoms with van der Waals surface area (Å²) >= 11 is 0. The minimum absolute atomic E-state index is 0.0898. The summed E-state index contributed by atoms with van der Waals surface area (Å²) < 4.78 is 13.2. The average molecular weight is 382 g/mol. The topological polar surface area (TPSA) is 57.5 Å². The SMILES string of the molecule is O=C(O)c1ccc(-c2ccc(F)cc2)cc1C#Cc1ccc2cccc(O)c2c1. The molecule has 0 atom stereocenters. The second kappa shape index (κ2) is 7.49. The van der Waals surface area contributed by atoms with Gasteiger partial charge in [-0.05, 0) is 59.0 Å². The number of phenolic OH excluding ortho intramolecular Hbond substituents is 1. The largest absolute Gasteiger partial charge is 0.507 e. The van der Waals surface area contributed by atoms with Crippen molar-refractivity contribution in [3.8, 4) is 28.7 Å². The molecule has 2 N–H and O–H groups in total. The Morgan fingerprint density at radius 1 is 0.828 bits per heavy atom. The van der Waals surface area contributed by atoms with Gasteiger partial charge in [-0.1, -0.05) is 48.2 Å². The maximum atomic E-state index is 13.2. The van der Waals surface area contributed by atoms with Crippen LogP contribution >= 0.6 is 0 Å². The van der Waals surface area contributed by atoms with Crippen molar-refractivity contribution in [1.29, 1.82) is 0 Å². The fraction of sp³-hybridized carbons (Fsp3) is 0. The molecule has 3 nitrogen and oxygen atoms in total. The molecule has 4 aromatic carbocycles. The van der Waals surface area contributed by atoms with Gasteiger partial charge in [0.25, 0.3) is 0 Å². The van der Waals surface area contributed by atoms with Crippen molar-refractivity contribution < 1.29 is 19.4 Å². The van der Waals surface area contributed by atoms with Gasteiger partial charge >= 0.3 is 5.97 Å². The zero-order valence-electron chi connectivity index (χ0n) is 15.2. The van der Waals surface area contributed by atoms with Crippen molar-refractivity contribution in [3.63, 3.8) is 0 Å². The van der Waals surface area contributed by atoms with E-state index in [0.717, 1.165) is 16.5 Å². The lowest BCUT2D eigenvalue weighted by Gasteiger charge is -2.05. The van der Waals surface area contributed by atoms with E-state index in [0.29, 0.717) is 16.5 Å². The zero-order valence-corrected chi connectivity index (χ0v) is 15.2. The second-order valence-electron chi connectivity index (χ2n) is 6.54. The summed E-state index contributed by atoms with van der Waals surface area (Å²) in [4.78, 5) is 11.6. The molecule has 0 saturated heterocycles. The Morgan fingerprint density at radius 2 is 1.59 bits per heavy atom. The molecule has 0 aromatic heterocycles. The Bertz CT molecular complexity index is 1300. The van der Waals surface area contributed by atoms with Gasteiger partial charge in [0.1, 0.15) is 11.6 Å². The first kappa shape index (κ1) is 18.3. The third kappa shape index (κ3) is 3.80. The van der Waals surface area contributed by atoms with Crippen molar-refractivity contribution in [1.82, 2.24) is 0 Å². The van der Waals surface area contributed by atoms with Crippen LogP contribution in [0.4, 0.5) is 4.39 Å². The number of carboxylic acid groups (broad SMARTS) is 1. The molecule has 0 saturated carbocycles. The van der Waals surface area contributed by atoms with E-state index in [1.54, 1.807) is 42.5 Å². The van der Waals surface area contributed by atoms with E-state index in [1.807, 2.05) is 18.2 Å². The second-order valence-corrected chi connectivity index (χ2v) is 6.54. The van der Waals surface area contributed by atoms with Crippen LogP contribution in [0.15, 0.2) is 78.9 Å². The molecule has 4 heteroatoms. The van der Waals surface area contributed by atoms with E-state index in [-0.39, 0.29) is 17.1 Å². The number of aromatic carboxylic acids is 1. The molecule has 0 aliphatic carbocycles. The van der Waals surface area contributed by atoms with E-state index >= 15 is 0 Å². The fourth-order valence-corrected chi connectivity index (χ4v) is 3.13. The maximum absolute atomic E-state index is 13.2. The lowest BCUT2D eigenvalue weighted by Crippen LogP contribution is -2.00. The molecule has 0 aliphatic heterocycles. The highest BCUT2D eigenvalue weighted by molar-refractivity contribution is 5.92. The standard InChI is InChI=1S/C25H15FO3/c26-21-11-8-17(9-12-21)19-10-13-22(25(28)29)20(15-19)7-5-16-4-6-18-2-1-3-24(27)23(18)14-16/h1-4,6,8-15,27H,(H,28,29). The van der Waals surface area contributed by atoms with Gasteiger partial charge in [0.05, 0.1) is 5.56 Å². The predicted molar refractivity (Wildman–Crippen MR) is 110 cm³/mol. The van der Waals surface area contributed by atoms with Crippen molar-refractivity contribution in [2.24, 2.45) is 0 Å². The third-order valence-electron chi connectivity index (χ3n) is 4.63. The number of carboxylic acids is 1. The van der Waals surface area contributed by atoms with Crippen molar-refractivity contribution in [2.45, 2.75) is 0 Å². The monoisotopic (exact) mass is 382 g/mol. The van der Waals surface area contributed by atoms with Crippen molar-refractivity contribution >= 4 is 16.7 Å². The molecular weight excluding hydrogens is 367 g/mol. The first-order valence-electron chi connectivity index (χ1n) is 8.88. The molecule has 4 aromatic rings. The Morgan fingerprint density at radius 3 is 2.34 bits per heavy atom. The number of phenols is 1. The Kier molecular flexibility index (Phi) is 4.72. The van der Waals surface area contributed by atoms with Crippen molar-refractivity contribution in [3.05, 3.63) is 101 Å². The molecule has 29 heavy (non-hydrogen) atoms. The zero-order chi connectivity index (χ0) is 20.4. The number of hydrogen-bond acceptors (Lipinski definition) is 2. The third-order valence-corrected chi connectivity index (χ3v) is 4.63. The summed E-state index contributed by atoms with van der Waals surface area (Å²) in [6.45, 7) is 0. The van der Waals surface area contributed by atoms with Crippen LogP contribution in [0, 0.1) is 17.7 Å². The minimum Gasteiger partial charge on any atom is -0.507 e. The van der Waals surface area contributed by atoms with Gasteiger partial charge in [-0.15, -0.1) is 0 Å². The van der Waals surface area contributed by atoms with Gasteiger partial charge < -0.3 is 10.2 Å². The molecule has 0 radical (unpaired) electrons. The van der Waals surface area contributed by atoms with E-state index in [1.165, 1.54) is 18.2 Å². The van der Waals surface area contributed by atoms with Crippen LogP contribution < -0.4 is 0 Å². The number of rotatable bonds is 2. The molecule has 140 valence electrons. The Hall–Kier alpha value is -4.10. The van der Waals surface area contributed by atoms with Crippen LogP contribution in [0.2, 0.25) is 0 Å². The van der Waals surface area contributed by atoms with Gasteiger partial charge in [0.2, 0.25) is 0 Å². The van der Waals surface area contributed by atoms with Crippen LogP contribution in [-0.2, 0) is 0 Å². The summed E-state index contributed by atoms with van der Waals surface area (Å²) in [7, 11) is 0. The summed E-state index contributed by atoms with van der Waals surface area (Å²) in [6, 6.07) is 21.5. The number of halogens is 1. The number of fused-ring (bicyclic) bond motifs is 1. The van der Waals surface area contributed by atoms with Crippen LogP contribution in [0.3, 0.4) is 0 Å². The Balaban J connectivity index is 1.78. The van der Waals surface area contributed by atoms with Crippen LogP contribution in [0.1, 0.15) is 21.5 Å². The van der Waals surface area contributed by atoms with Gasteiger partial charge in [-0.2, -0.15) is 0 Å². The van der Waals surface area contributed by atoms with Crippen LogP contribution in [-0.4, -0.2) is 16.2 Å². The first-order chi connectivity index (χ1) is 14.0. The number of hydrogen-bond donors (Lipinski definition) is 2. The fourth-order valence-electron chi connectivity index (χ4n) is 3.13. The van der Waals surface area contributed by atoms with E-state index in [4.69, 9.17) is 0 Å². The van der Waals surface area contributed by atoms with E-state index < -0.39 is 5.97 Å². The van der Waals surface area contributed by atoms with Gasteiger partial charge in [-0.25, -0.2) is 9.18 Å². The summed E-state index contributed by atoms with van der Waals surface area (Å²) in [5.41, 5.74) is 2.61. The molecule has 0 unspecified atom stereocenters. The highest BCUT2D eigenvalue weighted by Crippen LogP contribution is 2.26. The molecule has 0 bridgehead atoms. The van der Waals surface area contributed by atoms with Gasteiger partial charge in [-0.3, -0.25) is 0 Å². The average Bonchev–Trinajstić information content (AvgIpc) is 2.73. The lowest BCUT2D eigenvalue weighted by molar-refractivity contribution is 0.0696. The first-order valence-corrected chi connectivity index (χ1v) is 8.88. The molecule has 0 heterocycles. The highest BCUT2D eigenvalue weighted by atomic mass is 19.1. The maximum Gasteiger partial charge on any atom is 0.336 e. The minimum atomic E-state index is -1.07. The predicted octanol–water partition coefficient (Wildman–Crippen LogP) is 5.45. The molecule has 0 spiro atoms. The number of aromatic hydroxyl groups is 1. The smallest absolute Gasteiger partial charge is 0.336 e. The highest BCUT2D eigenvalue weighted by Gasteiger charge is 2.10. The Labute approximate surface area is 166 Å². The number of carbonyl (C=O) groups is 1. The van der Waals surface area contributed by atoms with Crippen molar-refractivity contribution in [2.75, 3.05) is 0 Å². The van der Waals surface area contributed by atoms with Gasteiger partial charge in [0, 0.05) is 16.5 Å². The molecular formula is C25H15FO3. The van der Waals surface area contributed by atoms with Crippen LogP contribution in [0.25, 0.3) is 21.9 Å². The summed E-state index contributed by atoms with van der Waals surface area (Å²) in [5, 5.41) is 21.1. The molecule has 4 rings (SSSR count). The summed E-state index contributed by atoms with van der Waals surface area (Å²) in [6.07, 6.45) is 0. The quantitative estimate of drug-likeness (QED) is 0.453. The molecule has 0 aliphatic rings. The normalized spacial score (nSPS) is 10.4. The lowest BCUT2D eigenvalue weighted by atomic mass is 9.99.